The van der Waals surface area contributed by atoms with Crippen molar-refractivity contribution in [3.63, 3.8) is 0 Å². The molecular formula is C17H17N3O7. The minimum absolute atomic E-state index is 0.0639. The van der Waals surface area contributed by atoms with Crippen molar-refractivity contribution < 1.29 is 28.7 Å². The zero-order valence-electron chi connectivity index (χ0n) is 14.8. The van der Waals surface area contributed by atoms with E-state index < -0.39 is 16.9 Å². The van der Waals surface area contributed by atoms with E-state index in [2.05, 4.69) is 10.6 Å². The first-order valence-electron chi connectivity index (χ1n) is 7.56. The lowest BCUT2D eigenvalue weighted by Crippen LogP contribution is -2.21. The van der Waals surface area contributed by atoms with Crippen LogP contribution in [0.3, 0.4) is 0 Å². The summed E-state index contributed by atoms with van der Waals surface area (Å²) < 4.78 is 15.0. The average Bonchev–Trinajstić information content (AvgIpc) is 2.67. The largest absolute Gasteiger partial charge is 0.493 e. The number of benzene rings is 2. The Morgan fingerprint density at radius 1 is 0.963 bits per heavy atom. The first-order chi connectivity index (χ1) is 12.9. The van der Waals surface area contributed by atoms with Crippen LogP contribution >= 0.6 is 0 Å². The van der Waals surface area contributed by atoms with Crippen LogP contribution < -0.4 is 20.1 Å². The first-order valence-corrected chi connectivity index (χ1v) is 7.56. The number of ether oxygens (including phenoxy) is 3. The van der Waals surface area contributed by atoms with Gasteiger partial charge in [0.2, 0.25) is 0 Å². The van der Waals surface area contributed by atoms with Gasteiger partial charge >= 0.3 is 12.0 Å². The zero-order chi connectivity index (χ0) is 20.0. The Hall–Kier alpha value is -3.82. The zero-order valence-corrected chi connectivity index (χ0v) is 14.8. The van der Waals surface area contributed by atoms with E-state index in [0.29, 0.717) is 17.2 Å². The van der Waals surface area contributed by atoms with Gasteiger partial charge in [-0.1, -0.05) is 0 Å². The number of rotatable bonds is 6. The molecule has 0 saturated carbocycles. The smallest absolute Gasteiger partial charge is 0.340 e. The summed E-state index contributed by atoms with van der Waals surface area (Å²) in [5, 5.41) is 15.7. The van der Waals surface area contributed by atoms with Gasteiger partial charge in [-0.25, -0.2) is 9.59 Å². The molecular weight excluding hydrogens is 358 g/mol. The second kappa shape index (κ2) is 8.52. The van der Waals surface area contributed by atoms with Gasteiger partial charge in [0.15, 0.2) is 11.5 Å². The highest BCUT2D eigenvalue weighted by atomic mass is 16.6. The molecule has 2 aromatic carbocycles. The fraction of sp³-hybridized carbons (Fsp3) is 0.176. The summed E-state index contributed by atoms with van der Waals surface area (Å²) in [6.07, 6.45) is 0. The molecule has 0 saturated heterocycles. The Kier molecular flexibility index (Phi) is 6.15. The van der Waals surface area contributed by atoms with Crippen molar-refractivity contribution in [2.45, 2.75) is 0 Å². The van der Waals surface area contributed by atoms with E-state index in [-0.39, 0.29) is 16.9 Å². The molecule has 0 aromatic heterocycles. The fourth-order valence-electron chi connectivity index (χ4n) is 2.21. The summed E-state index contributed by atoms with van der Waals surface area (Å²) in [6.45, 7) is 0. The number of hydrogen-bond acceptors (Lipinski definition) is 7. The maximum absolute atomic E-state index is 12.2. The van der Waals surface area contributed by atoms with Gasteiger partial charge in [0, 0.05) is 30.0 Å². The Morgan fingerprint density at radius 2 is 1.56 bits per heavy atom. The molecule has 2 rings (SSSR count). The number of nitro benzene ring substituents is 1. The van der Waals surface area contributed by atoms with Crippen LogP contribution in [0.2, 0.25) is 0 Å². The lowest BCUT2D eigenvalue weighted by molar-refractivity contribution is -0.384. The van der Waals surface area contributed by atoms with Gasteiger partial charge in [-0.05, 0) is 12.1 Å². The number of non-ortho nitro benzene ring substituents is 1. The number of methoxy groups -OCH3 is 3. The van der Waals surface area contributed by atoms with Crippen LogP contribution in [0.5, 0.6) is 11.5 Å². The van der Waals surface area contributed by atoms with Gasteiger partial charge < -0.3 is 24.8 Å². The monoisotopic (exact) mass is 375 g/mol. The van der Waals surface area contributed by atoms with Crippen molar-refractivity contribution >= 4 is 29.1 Å². The summed E-state index contributed by atoms with van der Waals surface area (Å²) in [5.41, 5.74) is 0.430. The molecule has 10 heteroatoms. The van der Waals surface area contributed by atoms with E-state index in [1.165, 1.54) is 57.7 Å². The van der Waals surface area contributed by atoms with Crippen molar-refractivity contribution in [1.29, 1.82) is 0 Å². The maximum atomic E-state index is 12.2. The molecule has 0 aliphatic rings. The van der Waals surface area contributed by atoms with Gasteiger partial charge in [0.05, 0.1) is 37.5 Å². The topological polar surface area (TPSA) is 129 Å². The fourth-order valence-corrected chi connectivity index (χ4v) is 2.21. The highest BCUT2D eigenvalue weighted by Crippen LogP contribution is 2.33. The summed E-state index contributed by atoms with van der Waals surface area (Å²) in [5.74, 6) is -0.0865. The SMILES string of the molecule is COC(=O)c1cc(OC)c(OC)cc1NC(=O)Nc1ccc([N+](=O)[O-])cc1. The summed E-state index contributed by atoms with van der Waals surface area (Å²) >= 11 is 0. The molecule has 0 bridgehead atoms. The second-order valence-corrected chi connectivity index (χ2v) is 5.13. The summed E-state index contributed by atoms with van der Waals surface area (Å²) in [4.78, 5) is 34.3. The molecule has 2 amide bonds. The van der Waals surface area contributed by atoms with Gasteiger partial charge in [-0.2, -0.15) is 0 Å². The van der Waals surface area contributed by atoms with Crippen LogP contribution in [-0.2, 0) is 4.74 Å². The molecule has 2 N–H and O–H groups in total. The van der Waals surface area contributed by atoms with E-state index in [4.69, 9.17) is 14.2 Å². The van der Waals surface area contributed by atoms with Crippen molar-refractivity contribution in [2.24, 2.45) is 0 Å². The number of carbonyl (C=O) groups excluding carboxylic acids is 2. The number of anilines is 2. The normalized spacial score (nSPS) is 9.89. The van der Waals surface area contributed by atoms with Crippen LogP contribution in [0.15, 0.2) is 36.4 Å². The Morgan fingerprint density at radius 3 is 2.07 bits per heavy atom. The Labute approximate surface area is 154 Å². The molecule has 0 aliphatic heterocycles. The van der Waals surface area contributed by atoms with E-state index in [0.717, 1.165) is 0 Å². The van der Waals surface area contributed by atoms with Crippen molar-refractivity contribution in [1.82, 2.24) is 0 Å². The maximum Gasteiger partial charge on any atom is 0.340 e. The van der Waals surface area contributed by atoms with Gasteiger partial charge in [-0.3, -0.25) is 10.1 Å². The van der Waals surface area contributed by atoms with Crippen LogP contribution in [0.1, 0.15) is 10.4 Å². The molecule has 10 nitrogen and oxygen atoms in total. The Bertz CT molecular complexity index is 866. The third-order valence-corrected chi connectivity index (χ3v) is 3.51. The number of hydrogen-bond donors (Lipinski definition) is 2. The van der Waals surface area contributed by atoms with Gasteiger partial charge in [0.1, 0.15) is 0 Å². The number of carbonyl (C=O) groups is 2. The molecule has 0 radical (unpaired) electrons. The number of esters is 1. The molecule has 0 fully saturated rings. The second-order valence-electron chi connectivity index (χ2n) is 5.13. The Balaban J connectivity index is 2.25. The molecule has 0 aliphatic carbocycles. The van der Waals surface area contributed by atoms with Crippen LogP contribution in [0.25, 0.3) is 0 Å². The highest BCUT2D eigenvalue weighted by molar-refractivity contribution is 6.05. The number of nitrogens with one attached hydrogen (secondary N) is 2. The van der Waals surface area contributed by atoms with Crippen LogP contribution in [0.4, 0.5) is 21.9 Å². The predicted octanol–water partition coefficient (Wildman–Crippen LogP) is 3.04. The lowest BCUT2D eigenvalue weighted by Gasteiger charge is -2.15. The predicted molar refractivity (Wildman–Crippen MR) is 96.6 cm³/mol. The van der Waals surface area contributed by atoms with Gasteiger partial charge in [-0.15, -0.1) is 0 Å². The number of nitro groups is 1. The molecule has 0 heterocycles. The van der Waals surface area contributed by atoms with Crippen molar-refractivity contribution in [2.75, 3.05) is 32.0 Å². The van der Waals surface area contributed by atoms with E-state index in [9.17, 15) is 19.7 Å². The molecule has 0 unspecified atom stereocenters. The van der Waals surface area contributed by atoms with E-state index in [1.807, 2.05) is 0 Å². The third kappa shape index (κ3) is 4.63. The molecule has 27 heavy (non-hydrogen) atoms. The quantitative estimate of drug-likeness (QED) is 0.451. The van der Waals surface area contributed by atoms with Gasteiger partial charge in [0.25, 0.3) is 5.69 Å². The average molecular weight is 375 g/mol. The van der Waals surface area contributed by atoms with E-state index in [1.54, 1.807) is 0 Å². The molecule has 142 valence electrons. The van der Waals surface area contributed by atoms with Crippen LogP contribution in [0, 0.1) is 10.1 Å². The third-order valence-electron chi connectivity index (χ3n) is 3.51. The minimum Gasteiger partial charge on any atom is -0.493 e. The summed E-state index contributed by atoms with van der Waals surface area (Å²) in [6, 6.07) is 7.41. The highest BCUT2D eigenvalue weighted by Gasteiger charge is 2.19. The first kappa shape index (κ1) is 19.5. The molecule has 0 atom stereocenters. The van der Waals surface area contributed by atoms with Crippen molar-refractivity contribution in [3.05, 3.63) is 52.1 Å². The minimum atomic E-state index is -0.679. The number of urea groups is 1. The molecule has 0 spiro atoms. The van der Waals surface area contributed by atoms with Crippen LogP contribution in [-0.4, -0.2) is 38.3 Å². The van der Waals surface area contributed by atoms with E-state index >= 15 is 0 Å². The standard InChI is InChI=1S/C17H17N3O7/c1-25-14-8-12(16(21)27-3)13(9-15(14)26-2)19-17(22)18-10-4-6-11(7-5-10)20(23)24/h4-9H,1-3H3,(H2,18,19,22). The number of nitrogens with zero attached hydrogens (tertiary/aromatic N) is 1. The van der Waals surface area contributed by atoms with Crippen molar-refractivity contribution in [3.8, 4) is 11.5 Å². The lowest BCUT2D eigenvalue weighted by atomic mass is 10.1. The number of amides is 2. The summed E-state index contributed by atoms with van der Waals surface area (Å²) in [7, 11) is 4.03. The molecule has 2 aromatic rings.